The topological polar surface area (TPSA) is 67.4 Å². The number of methoxy groups -OCH3 is 1. The Labute approximate surface area is 146 Å². The lowest BCUT2D eigenvalue weighted by Crippen LogP contribution is -2.29. The van der Waals surface area contributed by atoms with Crippen LogP contribution < -0.4 is 15.4 Å². The van der Waals surface area contributed by atoms with Gasteiger partial charge in [-0.25, -0.2) is 0 Å². The first-order valence-electron chi connectivity index (χ1n) is 7.84. The van der Waals surface area contributed by atoms with Gasteiger partial charge in [-0.15, -0.1) is 0 Å². The molecule has 0 unspecified atom stereocenters. The van der Waals surface area contributed by atoms with Crippen LogP contribution in [0.5, 0.6) is 5.75 Å². The van der Waals surface area contributed by atoms with Crippen molar-refractivity contribution in [2.45, 2.75) is 25.8 Å². The van der Waals surface area contributed by atoms with E-state index in [2.05, 4.69) is 10.6 Å². The molecule has 0 fully saturated rings. The summed E-state index contributed by atoms with van der Waals surface area (Å²) in [4.78, 5) is 23.8. The highest BCUT2D eigenvalue weighted by molar-refractivity contribution is 7.08. The molecule has 2 rings (SSSR count). The minimum Gasteiger partial charge on any atom is -0.496 e. The van der Waals surface area contributed by atoms with Gasteiger partial charge in [0.15, 0.2) is 0 Å². The molecular weight excluding hydrogens is 324 g/mol. The van der Waals surface area contributed by atoms with Gasteiger partial charge >= 0.3 is 0 Å². The number of thiophene rings is 1. The first kappa shape index (κ1) is 18.0. The number of para-hydroxylation sites is 1. The second-order valence-corrected chi connectivity index (χ2v) is 6.18. The summed E-state index contributed by atoms with van der Waals surface area (Å²) in [6.07, 6.45) is 0.962. The van der Waals surface area contributed by atoms with Gasteiger partial charge in [0.2, 0.25) is 5.91 Å². The second kappa shape index (κ2) is 9.08. The molecule has 0 aliphatic rings. The van der Waals surface area contributed by atoms with E-state index < -0.39 is 0 Å². The zero-order valence-corrected chi connectivity index (χ0v) is 14.7. The standard InChI is InChI=1S/C18H22N2O3S/c1-13(15-6-3-4-7-16(15)23-2)20-17(21)8-5-10-19-18(22)14-9-11-24-12-14/h3-4,6-7,9,11-13H,5,8,10H2,1-2H3,(H,19,22)(H,20,21)/t13-/m0/s1. The quantitative estimate of drug-likeness (QED) is 0.722. The number of amides is 2. The smallest absolute Gasteiger partial charge is 0.252 e. The number of benzene rings is 1. The van der Waals surface area contributed by atoms with Gasteiger partial charge in [0.25, 0.3) is 5.91 Å². The average molecular weight is 346 g/mol. The van der Waals surface area contributed by atoms with Gasteiger partial charge in [0.05, 0.1) is 13.2 Å². The maximum atomic E-state index is 12.0. The lowest BCUT2D eigenvalue weighted by atomic mass is 10.1. The Balaban J connectivity index is 1.72. The molecule has 128 valence electrons. The number of hydrogen-bond donors (Lipinski definition) is 2. The van der Waals surface area contributed by atoms with Crippen molar-refractivity contribution in [2.75, 3.05) is 13.7 Å². The van der Waals surface area contributed by atoms with Gasteiger partial charge in [-0.3, -0.25) is 9.59 Å². The highest BCUT2D eigenvalue weighted by atomic mass is 32.1. The zero-order chi connectivity index (χ0) is 17.4. The summed E-state index contributed by atoms with van der Waals surface area (Å²) < 4.78 is 5.31. The summed E-state index contributed by atoms with van der Waals surface area (Å²) in [5.74, 6) is 0.616. The van der Waals surface area contributed by atoms with E-state index in [1.807, 2.05) is 36.6 Å². The van der Waals surface area contributed by atoms with Gasteiger partial charge in [0.1, 0.15) is 5.75 Å². The van der Waals surface area contributed by atoms with Crippen LogP contribution in [0.3, 0.4) is 0 Å². The highest BCUT2D eigenvalue weighted by Gasteiger charge is 2.13. The summed E-state index contributed by atoms with van der Waals surface area (Å²) in [6, 6.07) is 9.27. The Morgan fingerprint density at radius 3 is 2.75 bits per heavy atom. The van der Waals surface area contributed by atoms with E-state index in [1.165, 1.54) is 11.3 Å². The second-order valence-electron chi connectivity index (χ2n) is 5.40. The first-order valence-corrected chi connectivity index (χ1v) is 8.78. The monoisotopic (exact) mass is 346 g/mol. The molecule has 0 spiro atoms. The third kappa shape index (κ3) is 5.09. The molecule has 2 amide bonds. The van der Waals surface area contributed by atoms with Crippen LogP contribution in [-0.4, -0.2) is 25.5 Å². The van der Waals surface area contributed by atoms with E-state index in [0.29, 0.717) is 24.9 Å². The minimum absolute atomic E-state index is 0.0433. The van der Waals surface area contributed by atoms with Crippen LogP contribution in [0.2, 0.25) is 0 Å². The summed E-state index contributed by atoms with van der Waals surface area (Å²) in [5, 5.41) is 9.43. The third-order valence-corrected chi connectivity index (χ3v) is 4.32. The predicted octanol–water partition coefficient (Wildman–Crippen LogP) is 3.14. The average Bonchev–Trinajstić information content (AvgIpc) is 3.13. The fourth-order valence-electron chi connectivity index (χ4n) is 2.36. The Kier molecular flexibility index (Phi) is 6.81. The molecule has 1 aromatic carbocycles. The minimum atomic E-state index is -0.131. The zero-order valence-electron chi connectivity index (χ0n) is 13.9. The molecule has 0 bridgehead atoms. The van der Waals surface area contributed by atoms with Crippen molar-refractivity contribution in [2.24, 2.45) is 0 Å². The van der Waals surface area contributed by atoms with Crippen LogP contribution in [-0.2, 0) is 4.79 Å². The van der Waals surface area contributed by atoms with Crippen molar-refractivity contribution >= 4 is 23.2 Å². The molecule has 1 aromatic heterocycles. The van der Waals surface area contributed by atoms with Gasteiger partial charge in [-0.05, 0) is 30.9 Å². The molecule has 0 radical (unpaired) electrons. The first-order chi connectivity index (χ1) is 11.6. The van der Waals surface area contributed by atoms with E-state index >= 15 is 0 Å². The Morgan fingerprint density at radius 1 is 1.25 bits per heavy atom. The summed E-state index contributed by atoms with van der Waals surface area (Å²) in [6.45, 7) is 2.40. The van der Waals surface area contributed by atoms with E-state index in [-0.39, 0.29) is 17.9 Å². The lowest BCUT2D eigenvalue weighted by Gasteiger charge is -2.17. The number of carbonyl (C=O) groups excluding carboxylic acids is 2. The normalized spacial score (nSPS) is 11.6. The highest BCUT2D eigenvalue weighted by Crippen LogP contribution is 2.24. The van der Waals surface area contributed by atoms with Gasteiger partial charge in [-0.1, -0.05) is 18.2 Å². The third-order valence-electron chi connectivity index (χ3n) is 3.63. The fraction of sp³-hybridized carbons (Fsp3) is 0.333. The van der Waals surface area contributed by atoms with Crippen LogP contribution in [0.1, 0.15) is 41.7 Å². The largest absolute Gasteiger partial charge is 0.496 e. The van der Waals surface area contributed by atoms with Crippen LogP contribution in [0.4, 0.5) is 0 Å². The molecule has 6 heteroatoms. The maximum absolute atomic E-state index is 12.0. The molecule has 5 nitrogen and oxygen atoms in total. The summed E-state index contributed by atoms with van der Waals surface area (Å²) in [7, 11) is 1.61. The number of rotatable bonds is 8. The molecule has 1 heterocycles. The Bertz CT molecular complexity index is 671. The number of hydrogen-bond acceptors (Lipinski definition) is 4. The fourth-order valence-corrected chi connectivity index (χ4v) is 3.00. The van der Waals surface area contributed by atoms with E-state index in [4.69, 9.17) is 4.74 Å². The van der Waals surface area contributed by atoms with Crippen LogP contribution in [0, 0.1) is 0 Å². The Hall–Kier alpha value is -2.34. The van der Waals surface area contributed by atoms with E-state index in [1.54, 1.807) is 18.6 Å². The van der Waals surface area contributed by atoms with E-state index in [9.17, 15) is 9.59 Å². The van der Waals surface area contributed by atoms with E-state index in [0.717, 1.165) is 11.3 Å². The number of nitrogens with one attached hydrogen (secondary N) is 2. The van der Waals surface area contributed by atoms with Crippen LogP contribution in [0.15, 0.2) is 41.1 Å². The molecule has 0 saturated heterocycles. The van der Waals surface area contributed by atoms with Crippen molar-refractivity contribution in [3.63, 3.8) is 0 Å². The molecule has 0 aliphatic carbocycles. The molecule has 2 aromatic rings. The van der Waals surface area contributed by atoms with Crippen molar-refractivity contribution in [3.05, 3.63) is 52.2 Å². The molecule has 1 atom stereocenters. The number of ether oxygens (including phenoxy) is 1. The number of carbonyl (C=O) groups is 2. The van der Waals surface area contributed by atoms with Crippen molar-refractivity contribution < 1.29 is 14.3 Å². The van der Waals surface area contributed by atoms with Crippen LogP contribution in [0.25, 0.3) is 0 Å². The molecule has 24 heavy (non-hydrogen) atoms. The summed E-state index contributed by atoms with van der Waals surface area (Å²) in [5.41, 5.74) is 1.60. The maximum Gasteiger partial charge on any atom is 0.252 e. The van der Waals surface area contributed by atoms with Gasteiger partial charge in [-0.2, -0.15) is 11.3 Å². The van der Waals surface area contributed by atoms with Crippen molar-refractivity contribution in [3.8, 4) is 5.75 Å². The molecule has 0 saturated carbocycles. The van der Waals surface area contributed by atoms with Gasteiger partial charge < -0.3 is 15.4 Å². The van der Waals surface area contributed by atoms with Crippen LogP contribution >= 0.6 is 11.3 Å². The molecular formula is C18H22N2O3S. The molecule has 0 aliphatic heterocycles. The van der Waals surface area contributed by atoms with Crippen molar-refractivity contribution in [1.82, 2.24) is 10.6 Å². The Morgan fingerprint density at radius 2 is 2.04 bits per heavy atom. The molecule has 2 N–H and O–H groups in total. The SMILES string of the molecule is COc1ccccc1[C@H](C)NC(=O)CCCNC(=O)c1ccsc1. The lowest BCUT2D eigenvalue weighted by molar-refractivity contribution is -0.121. The van der Waals surface area contributed by atoms with Crippen molar-refractivity contribution in [1.29, 1.82) is 0 Å². The summed E-state index contributed by atoms with van der Waals surface area (Å²) >= 11 is 1.48. The van der Waals surface area contributed by atoms with Gasteiger partial charge in [0, 0.05) is 29.5 Å². The predicted molar refractivity (Wildman–Crippen MR) is 95.4 cm³/mol.